The van der Waals surface area contributed by atoms with Crippen LogP contribution in [0.3, 0.4) is 0 Å². The van der Waals surface area contributed by atoms with E-state index in [0.717, 1.165) is 41.7 Å². The molecule has 1 aliphatic rings. The minimum absolute atomic E-state index is 0.754. The van der Waals surface area contributed by atoms with Gasteiger partial charge in [-0.25, -0.2) is 0 Å². The lowest BCUT2D eigenvalue weighted by Gasteiger charge is -2.27. The number of hydrogen-bond donors (Lipinski definition) is 0. The predicted molar refractivity (Wildman–Crippen MR) is 89.3 cm³/mol. The first kappa shape index (κ1) is 14.1. The van der Waals surface area contributed by atoms with Crippen molar-refractivity contribution in [1.82, 2.24) is 0 Å². The summed E-state index contributed by atoms with van der Waals surface area (Å²) in [5.74, 6) is 0.882. The molecule has 0 saturated heterocycles. The van der Waals surface area contributed by atoms with Crippen molar-refractivity contribution >= 4 is 28.7 Å². The third kappa shape index (κ3) is 2.66. The maximum absolute atomic E-state index is 6.23. The third-order valence-electron chi connectivity index (χ3n) is 3.89. The summed E-state index contributed by atoms with van der Waals surface area (Å²) in [5, 5.41) is 0.754. The number of rotatable bonds is 2. The molecule has 0 unspecified atom stereocenters. The van der Waals surface area contributed by atoms with Gasteiger partial charge in [0.1, 0.15) is 5.75 Å². The number of fused-ring (bicyclic) bond motifs is 1. The number of halogens is 1. The van der Waals surface area contributed by atoms with Gasteiger partial charge in [-0.2, -0.15) is 0 Å². The smallest absolute Gasteiger partial charge is 0.142 e. The highest BCUT2D eigenvalue weighted by Gasteiger charge is 2.22. The topological polar surface area (TPSA) is 15.7 Å². The fraction of sp³-hybridized carbons (Fsp3) is 0.294. The summed E-state index contributed by atoms with van der Waals surface area (Å²) in [4.78, 5) is 4.57. The van der Waals surface area contributed by atoms with Crippen LogP contribution in [0, 0.1) is 0 Å². The second kappa shape index (κ2) is 5.86. The first-order valence-corrected chi connectivity index (χ1v) is 7.50. The van der Waals surface area contributed by atoms with Gasteiger partial charge in [0.25, 0.3) is 0 Å². The van der Waals surface area contributed by atoms with E-state index < -0.39 is 0 Å². The largest absolute Gasteiger partial charge is 0.495 e. The highest BCUT2D eigenvalue weighted by atomic mass is 35.5. The summed E-state index contributed by atoms with van der Waals surface area (Å²) in [5.41, 5.74) is 3.41. The molecule has 0 spiro atoms. The van der Waals surface area contributed by atoms with E-state index in [-0.39, 0.29) is 0 Å². The lowest BCUT2D eigenvalue weighted by atomic mass is 10.2. The van der Waals surface area contributed by atoms with Crippen molar-refractivity contribution in [3.63, 3.8) is 0 Å². The standard InChI is InChI=1S/C17H19ClN2O/c1-19-10-5-11-20(15-6-3-4-7-17(15)21-2)16-12-13(18)8-9-14(16)19/h3-4,6-9,12H,5,10-11H2,1-2H3. The van der Waals surface area contributed by atoms with Crippen molar-refractivity contribution in [3.8, 4) is 5.75 Å². The molecule has 0 saturated carbocycles. The number of benzene rings is 2. The van der Waals surface area contributed by atoms with Crippen LogP contribution < -0.4 is 14.5 Å². The number of nitrogens with zero attached hydrogens (tertiary/aromatic N) is 2. The van der Waals surface area contributed by atoms with Gasteiger partial charge in [0.15, 0.2) is 0 Å². The average Bonchev–Trinajstić information content (AvgIpc) is 2.66. The van der Waals surface area contributed by atoms with E-state index in [0.29, 0.717) is 0 Å². The summed E-state index contributed by atoms with van der Waals surface area (Å²) >= 11 is 6.23. The van der Waals surface area contributed by atoms with Gasteiger partial charge in [-0.15, -0.1) is 0 Å². The highest BCUT2D eigenvalue weighted by molar-refractivity contribution is 6.31. The van der Waals surface area contributed by atoms with Gasteiger partial charge in [0.2, 0.25) is 0 Å². The van der Waals surface area contributed by atoms with Crippen LogP contribution in [0.4, 0.5) is 17.1 Å². The normalized spacial score (nSPS) is 14.6. The van der Waals surface area contributed by atoms with Crippen LogP contribution in [0.2, 0.25) is 5.02 Å². The van der Waals surface area contributed by atoms with Crippen molar-refractivity contribution in [2.75, 3.05) is 37.0 Å². The zero-order valence-corrected chi connectivity index (χ0v) is 13.1. The Kier molecular flexibility index (Phi) is 3.93. The van der Waals surface area contributed by atoms with E-state index in [4.69, 9.17) is 16.3 Å². The van der Waals surface area contributed by atoms with E-state index >= 15 is 0 Å². The maximum atomic E-state index is 6.23. The number of hydrogen-bond acceptors (Lipinski definition) is 3. The van der Waals surface area contributed by atoms with Crippen molar-refractivity contribution in [3.05, 3.63) is 47.5 Å². The molecular formula is C17H19ClN2O. The second-order valence-electron chi connectivity index (χ2n) is 5.23. The first-order chi connectivity index (χ1) is 10.2. The fourth-order valence-corrected chi connectivity index (χ4v) is 3.01. The molecular weight excluding hydrogens is 284 g/mol. The minimum atomic E-state index is 0.754. The Labute approximate surface area is 130 Å². The molecule has 1 heterocycles. The quantitative estimate of drug-likeness (QED) is 0.821. The number of ether oxygens (including phenoxy) is 1. The number of anilines is 3. The molecule has 0 N–H and O–H groups in total. The van der Waals surface area contributed by atoms with Gasteiger partial charge in [-0.05, 0) is 36.8 Å². The molecule has 1 aliphatic heterocycles. The van der Waals surface area contributed by atoms with Crippen LogP contribution in [0.25, 0.3) is 0 Å². The summed E-state index contributed by atoms with van der Waals surface area (Å²) < 4.78 is 5.52. The van der Waals surface area contributed by atoms with E-state index in [9.17, 15) is 0 Å². The number of methoxy groups -OCH3 is 1. The molecule has 4 heteroatoms. The van der Waals surface area contributed by atoms with Crippen LogP contribution in [-0.2, 0) is 0 Å². The maximum Gasteiger partial charge on any atom is 0.142 e. The van der Waals surface area contributed by atoms with E-state index in [1.165, 1.54) is 5.69 Å². The van der Waals surface area contributed by atoms with Crippen molar-refractivity contribution < 1.29 is 4.74 Å². The Morgan fingerprint density at radius 1 is 1.00 bits per heavy atom. The zero-order chi connectivity index (χ0) is 14.8. The van der Waals surface area contributed by atoms with Crippen molar-refractivity contribution in [2.45, 2.75) is 6.42 Å². The minimum Gasteiger partial charge on any atom is -0.495 e. The van der Waals surface area contributed by atoms with Gasteiger partial charge in [0.05, 0.1) is 24.2 Å². The molecule has 0 aliphatic carbocycles. The Bertz CT molecular complexity index is 644. The highest BCUT2D eigenvalue weighted by Crippen LogP contribution is 2.41. The predicted octanol–water partition coefficient (Wildman–Crippen LogP) is 4.33. The second-order valence-corrected chi connectivity index (χ2v) is 5.67. The van der Waals surface area contributed by atoms with Crippen LogP contribution in [0.1, 0.15) is 6.42 Å². The molecule has 3 nitrogen and oxygen atoms in total. The molecule has 0 fully saturated rings. The van der Waals surface area contributed by atoms with Crippen LogP contribution in [-0.4, -0.2) is 27.2 Å². The number of para-hydroxylation sites is 2. The van der Waals surface area contributed by atoms with Gasteiger partial charge >= 0.3 is 0 Å². The SMILES string of the molecule is COc1ccccc1N1CCCN(C)c2ccc(Cl)cc21. The molecule has 0 bridgehead atoms. The fourth-order valence-electron chi connectivity index (χ4n) is 2.85. The lowest BCUT2D eigenvalue weighted by Crippen LogP contribution is -2.18. The van der Waals surface area contributed by atoms with Crippen molar-refractivity contribution in [1.29, 1.82) is 0 Å². The molecule has 110 valence electrons. The molecule has 2 aromatic carbocycles. The first-order valence-electron chi connectivity index (χ1n) is 7.12. The molecule has 3 rings (SSSR count). The molecule has 0 atom stereocenters. The molecule has 0 amide bonds. The summed E-state index contributed by atoms with van der Waals surface area (Å²) in [7, 11) is 3.83. The Morgan fingerprint density at radius 3 is 2.62 bits per heavy atom. The van der Waals surface area contributed by atoms with E-state index in [2.05, 4.69) is 29.0 Å². The van der Waals surface area contributed by atoms with Crippen LogP contribution >= 0.6 is 11.6 Å². The Balaban J connectivity index is 2.15. The van der Waals surface area contributed by atoms with Gasteiger partial charge < -0.3 is 14.5 Å². The van der Waals surface area contributed by atoms with Crippen LogP contribution in [0.15, 0.2) is 42.5 Å². The van der Waals surface area contributed by atoms with Gasteiger partial charge in [-0.1, -0.05) is 23.7 Å². The molecule has 0 radical (unpaired) electrons. The molecule has 2 aromatic rings. The monoisotopic (exact) mass is 302 g/mol. The van der Waals surface area contributed by atoms with E-state index in [1.807, 2.05) is 30.3 Å². The Hall–Kier alpha value is -1.87. The Morgan fingerprint density at radius 2 is 1.81 bits per heavy atom. The summed E-state index contributed by atoms with van der Waals surface area (Å²) in [6.07, 6.45) is 1.08. The van der Waals surface area contributed by atoms with Gasteiger partial charge in [0, 0.05) is 25.2 Å². The summed E-state index contributed by atoms with van der Waals surface area (Å²) in [6, 6.07) is 14.2. The molecule has 21 heavy (non-hydrogen) atoms. The summed E-state index contributed by atoms with van der Waals surface area (Å²) in [6.45, 7) is 1.97. The lowest BCUT2D eigenvalue weighted by molar-refractivity contribution is 0.415. The average molecular weight is 303 g/mol. The van der Waals surface area contributed by atoms with E-state index in [1.54, 1.807) is 7.11 Å². The third-order valence-corrected chi connectivity index (χ3v) is 4.13. The van der Waals surface area contributed by atoms with Crippen LogP contribution in [0.5, 0.6) is 5.75 Å². The zero-order valence-electron chi connectivity index (χ0n) is 12.3. The van der Waals surface area contributed by atoms with Gasteiger partial charge in [-0.3, -0.25) is 0 Å². The molecule has 0 aromatic heterocycles. The van der Waals surface area contributed by atoms with Crippen molar-refractivity contribution in [2.24, 2.45) is 0 Å².